The molecular formula is C19H22BrN3O2. The van der Waals surface area contributed by atoms with Crippen molar-refractivity contribution in [3.8, 4) is 0 Å². The number of benzene rings is 2. The minimum absolute atomic E-state index is 0.0148. The summed E-state index contributed by atoms with van der Waals surface area (Å²) in [6.45, 7) is 4.22. The molecule has 132 valence electrons. The fourth-order valence-corrected chi connectivity index (χ4v) is 2.77. The SMILES string of the molecule is CC(C)NC(=O)Nc1ccccc1C(=O)N(C)Cc1ccccc1Br. The van der Waals surface area contributed by atoms with Crippen molar-refractivity contribution < 1.29 is 9.59 Å². The number of anilines is 1. The van der Waals surface area contributed by atoms with E-state index in [1.165, 1.54) is 0 Å². The Kier molecular flexibility index (Phi) is 6.58. The zero-order valence-corrected chi connectivity index (χ0v) is 16.1. The predicted molar refractivity (Wildman–Crippen MR) is 104 cm³/mol. The fourth-order valence-electron chi connectivity index (χ4n) is 2.36. The molecule has 0 bridgehead atoms. The molecule has 6 heteroatoms. The van der Waals surface area contributed by atoms with E-state index >= 15 is 0 Å². The van der Waals surface area contributed by atoms with Crippen molar-refractivity contribution in [2.75, 3.05) is 12.4 Å². The van der Waals surface area contributed by atoms with Crippen molar-refractivity contribution in [2.24, 2.45) is 0 Å². The number of nitrogens with one attached hydrogen (secondary N) is 2. The van der Waals surface area contributed by atoms with Gasteiger partial charge in [0.2, 0.25) is 0 Å². The van der Waals surface area contributed by atoms with E-state index in [0.29, 0.717) is 17.8 Å². The second-order valence-corrected chi connectivity index (χ2v) is 6.91. The molecule has 5 nitrogen and oxygen atoms in total. The van der Waals surface area contributed by atoms with Gasteiger partial charge in [-0.3, -0.25) is 4.79 Å². The van der Waals surface area contributed by atoms with E-state index in [1.807, 2.05) is 38.1 Å². The summed E-state index contributed by atoms with van der Waals surface area (Å²) in [5.41, 5.74) is 1.96. The van der Waals surface area contributed by atoms with Crippen LogP contribution in [0.25, 0.3) is 0 Å². The standard InChI is InChI=1S/C19H22BrN3O2/c1-13(2)21-19(25)22-17-11-7-5-9-15(17)18(24)23(3)12-14-8-4-6-10-16(14)20/h4-11,13H,12H2,1-3H3,(H2,21,22,25). The van der Waals surface area contributed by atoms with E-state index in [0.717, 1.165) is 10.0 Å². The third-order valence-electron chi connectivity index (χ3n) is 3.54. The normalized spacial score (nSPS) is 10.4. The highest BCUT2D eigenvalue weighted by molar-refractivity contribution is 9.10. The van der Waals surface area contributed by atoms with Crippen molar-refractivity contribution in [3.63, 3.8) is 0 Å². The molecule has 0 aliphatic heterocycles. The number of para-hydroxylation sites is 1. The molecule has 0 atom stereocenters. The number of hydrogen-bond donors (Lipinski definition) is 2. The molecule has 2 N–H and O–H groups in total. The van der Waals surface area contributed by atoms with Crippen molar-refractivity contribution in [1.29, 1.82) is 0 Å². The average molecular weight is 404 g/mol. The Balaban J connectivity index is 2.16. The van der Waals surface area contributed by atoms with E-state index < -0.39 is 0 Å². The van der Waals surface area contributed by atoms with Gasteiger partial charge in [0, 0.05) is 24.1 Å². The van der Waals surface area contributed by atoms with Crippen LogP contribution in [-0.2, 0) is 6.54 Å². The summed E-state index contributed by atoms with van der Waals surface area (Å²) >= 11 is 3.50. The lowest BCUT2D eigenvalue weighted by atomic mass is 10.1. The number of rotatable bonds is 5. The highest BCUT2D eigenvalue weighted by Crippen LogP contribution is 2.21. The zero-order valence-electron chi connectivity index (χ0n) is 14.5. The van der Waals surface area contributed by atoms with Gasteiger partial charge in [0.25, 0.3) is 5.91 Å². The van der Waals surface area contributed by atoms with E-state index in [4.69, 9.17) is 0 Å². The molecule has 0 aliphatic carbocycles. The Morgan fingerprint density at radius 1 is 1.08 bits per heavy atom. The van der Waals surface area contributed by atoms with Crippen molar-refractivity contribution in [2.45, 2.75) is 26.4 Å². The first-order valence-corrected chi connectivity index (χ1v) is 8.83. The third kappa shape index (κ3) is 5.32. The van der Waals surface area contributed by atoms with Crippen LogP contribution in [0, 0.1) is 0 Å². The Hall–Kier alpha value is -2.34. The van der Waals surface area contributed by atoms with Crippen LogP contribution in [0.15, 0.2) is 53.0 Å². The summed E-state index contributed by atoms with van der Waals surface area (Å²) in [6.07, 6.45) is 0. The molecule has 2 aromatic rings. The summed E-state index contributed by atoms with van der Waals surface area (Å²) in [7, 11) is 1.74. The molecule has 0 unspecified atom stereocenters. The van der Waals surface area contributed by atoms with Crippen LogP contribution in [0.2, 0.25) is 0 Å². The van der Waals surface area contributed by atoms with Crippen LogP contribution in [0.3, 0.4) is 0 Å². The quantitative estimate of drug-likeness (QED) is 0.783. The Morgan fingerprint density at radius 3 is 2.40 bits per heavy atom. The average Bonchev–Trinajstić information content (AvgIpc) is 2.56. The van der Waals surface area contributed by atoms with Gasteiger partial charge in [-0.1, -0.05) is 46.3 Å². The molecule has 25 heavy (non-hydrogen) atoms. The first kappa shape index (κ1) is 19.0. The largest absolute Gasteiger partial charge is 0.337 e. The lowest BCUT2D eigenvalue weighted by molar-refractivity contribution is 0.0786. The van der Waals surface area contributed by atoms with Crippen LogP contribution in [0.4, 0.5) is 10.5 Å². The minimum Gasteiger partial charge on any atom is -0.337 e. The van der Waals surface area contributed by atoms with Gasteiger partial charge in [-0.15, -0.1) is 0 Å². The van der Waals surface area contributed by atoms with Crippen molar-refractivity contribution in [1.82, 2.24) is 10.2 Å². The Bertz CT molecular complexity index is 762. The number of amides is 3. The van der Waals surface area contributed by atoms with E-state index in [2.05, 4.69) is 26.6 Å². The van der Waals surface area contributed by atoms with E-state index in [9.17, 15) is 9.59 Å². The van der Waals surface area contributed by atoms with Crippen molar-refractivity contribution in [3.05, 3.63) is 64.1 Å². The highest BCUT2D eigenvalue weighted by atomic mass is 79.9. The van der Waals surface area contributed by atoms with Crippen LogP contribution in [0.5, 0.6) is 0 Å². The number of nitrogens with zero attached hydrogens (tertiary/aromatic N) is 1. The monoisotopic (exact) mass is 403 g/mol. The van der Waals surface area contributed by atoms with Crippen LogP contribution in [0.1, 0.15) is 29.8 Å². The van der Waals surface area contributed by atoms with Gasteiger partial charge in [-0.25, -0.2) is 4.79 Å². The Labute approximate surface area is 156 Å². The molecule has 0 heterocycles. The summed E-state index contributed by atoms with van der Waals surface area (Å²) in [6, 6.07) is 14.5. The van der Waals surface area contributed by atoms with Gasteiger partial charge < -0.3 is 15.5 Å². The van der Waals surface area contributed by atoms with E-state index in [-0.39, 0.29) is 18.0 Å². The lowest BCUT2D eigenvalue weighted by Gasteiger charge is -2.20. The maximum atomic E-state index is 12.8. The zero-order chi connectivity index (χ0) is 18.4. The number of urea groups is 1. The Morgan fingerprint density at radius 2 is 1.72 bits per heavy atom. The summed E-state index contributed by atoms with van der Waals surface area (Å²) in [4.78, 5) is 26.4. The molecule has 0 fully saturated rings. The van der Waals surface area contributed by atoms with Gasteiger partial charge in [0.1, 0.15) is 0 Å². The summed E-state index contributed by atoms with van der Waals surface area (Å²) < 4.78 is 0.956. The molecule has 0 aromatic heterocycles. The first-order valence-electron chi connectivity index (χ1n) is 8.04. The maximum absolute atomic E-state index is 12.8. The number of hydrogen-bond acceptors (Lipinski definition) is 2. The lowest BCUT2D eigenvalue weighted by Crippen LogP contribution is -2.35. The smallest absolute Gasteiger partial charge is 0.319 e. The fraction of sp³-hybridized carbons (Fsp3) is 0.263. The number of carbonyl (C=O) groups is 2. The van der Waals surface area contributed by atoms with Gasteiger partial charge >= 0.3 is 6.03 Å². The molecule has 2 aromatic carbocycles. The topological polar surface area (TPSA) is 61.4 Å². The molecule has 0 saturated heterocycles. The molecule has 0 saturated carbocycles. The van der Waals surface area contributed by atoms with Crippen LogP contribution < -0.4 is 10.6 Å². The molecule has 0 spiro atoms. The van der Waals surface area contributed by atoms with Gasteiger partial charge in [0.05, 0.1) is 11.3 Å². The second-order valence-electron chi connectivity index (χ2n) is 6.05. The van der Waals surface area contributed by atoms with E-state index in [1.54, 1.807) is 36.2 Å². The third-order valence-corrected chi connectivity index (χ3v) is 4.31. The van der Waals surface area contributed by atoms with Crippen LogP contribution in [-0.4, -0.2) is 29.9 Å². The van der Waals surface area contributed by atoms with Gasteiger partial charge in [-0.05, 0) is 37.6 Å². The molecule has 2 rings (SSSR count). The van der Waals surface area contributed by atoms with Crippen LogP contribution >= 0.6 is 15.9 Å². The first-order chi connectivity index (χ1) is 11.9. The molecule has 0 radical (unpaired) electrons. The summed E-state index contributed by atoms with van der Waals surface area (Å²) in [5, 5.41) is 5.50. The summed E-state index contributed by atoms with van der Waals surface area (Å²) in [5.74, 6) is -0.156. The minimum atomic E-state index is -0.330. The van der Waals surface area contributed by atoms with Gasteiger partial charge in [0.15, 0.2) is 0 Å². The number of carbonyl (C=O) groups excluding carboxylic acids is 2. The van der Waals surface area contributed by atoms with Gasteiger partial charge in [-0.2, -0.15) is 0 Å². The predicted octanol–water partition coefficient (Wildman–Crippen LogP) is 4.25. The second kappa shape index (κ2) is 8.67. The maximum Gasteiger partial charge on any atom is 0.319 e. The molecule has 3 amide bonds. The molecular weight excluding hydrogens is 382 g/mol. The highest BCUT2D eigenvalue weighted by Gasteiger charge is 2.18. The molecule has 0 aliphatic rings. The van der Waals surface area contributed by atoms with Crippen molar-refractivity contribution >= 4 is 33.6 Å². The number of halogens is 1.